The number of benzene rings is 1. The van der Waals surface area contributed by atoms with Gasteiger partial charge in [0.2, 0.25) is 5.91 Å². The molecule has 0 spiro atoms. The third kappa shape index (κ3) is 2.89. The predicted octanol–water partition coefficient (Wildman–Crippen LogP) is 2.50. The first-order chi connectivity index (χ1) is 11.7. The summed E-state index contributed by atoms with van der Waals surface area (Å²) in [5, 5.41) is 1.08. The first-order valence-corrected chi connectivity index (χ1v) is 8.48. The molecule has 2 aliphatic heterocycles. The molecule has 1 N–H and O–H groups in total. The monoisotopic (exact) mass is 327 g/mol. The van der Waals surface area contributed by atoms with E-state index in [0.29, 0.717) is 19.5 Å². The van der Waals surface area contributed by atoms with Gasteiger partial charge in [-0.1, -0.05) is 18.2 Å². The number of carbonyl (C=O) groups is 2. The van der Waals surface area contributed by atoms with Gasteiger partial charge in [-0.3, -0.25) is 9.69 Å². The Hall–Kier alpha value is -2.34. The quantitative estimate of drug-likeness (QED) is 0.938. The van der Waals surface area contributed by atoms with Gasteiger partial charge in [-0.25, -0.2) is 4.79 Å². The Balaban J connectivity index is 1.49. The van der Waals surface area contributed by atoms with Gasteiger partial charge < -0.3 is 14.6 Å². The number of imide groups is 1. The minimum Gasteiger partial charge on any atom is -0.376 e. The van der Waals surface area contributed by atoms with Gasteiger partial charge in [0.25, 0.3) is 0 Å². The predicted molar refractivity (Wildman–Crippen MR) is 89.4 cm³/mol. The maximum atomic E-state index is 12.7. The zero-order chi connectivity index (χ0) is 16.5. The normalized spacial score (nSPS) is 21.9. The minimum absolute atomic E-state index is 0.108. The molecule has 2 fully saturated rings. The lowest BCUT2D eigenvalue weighted by atomic mass is 10.2. The van der Waals surface area contributed by atoms with E-state index in [4.69, 9.17) is 4.74 Å². The molecular formula is C18H21N3O3. The van der Waals surface area contributed by atoms with Gasteiger partial charge in [0.1, 0.15) is 0 Å². The summed E-state index contributed by atoms with van der Waals surface area (Å²) in [7, 11) is 0. The molecular weight excluding hydrogens is 306 g/mol. The zero-order valence-electron chi connectivity index (χ0n) is 13.5. The molecule has 3 heterocycles. The lowest BCUT2D eigenvalue weighted by Crippen LogP contribution is -2.53. The molecule has 1 aromatic heterocycles. The first kappa shape index (κ1) is 15.2. The molecule has 3 amide bonds. The minimum atomic E-state index is -0.208. The number of fused-ring (bicyclic) bond motifs is 1. The van der Waals surface area contributed by atoms with Crippen molar-refractivity contribution in [2.45, 2.75) is 31.9 Å². The van der Waals surface area contributed by atoms with Crippen LogP contribution in [-0.4, -0.2) is 52.5 Å². The zero-order valence-corrected chi connectivity index (χ0v) is 13.5. The third-order valence-corrected chi connectivity index (χ3v) is 4.76. The third-order valence-electron chi connectivity index (χ3n) is 4.76. The highest BCUT2D eigenvalue weighted by molar-refractivity contribution is 5.96. The van der Waals surface area contributed by atoms with E-state index >= 15 is 0 Å². The van der Waals surface area contributed by atoms with Crippen molar-refractivity contribution < 1.29 is 14.3 Å². The van der Waals surface area contributed by atoms with Crippen molar-refractivity contribution in [3.8, 4) is 0 Å². The van der Waals surface area contributed by atoms with Crippen molar-refractivity contribution in [1.29, 1.82) is 0 Å². The van der Waals surface area contributed by atoms with E-state index in [1.807, 2.05) is 30.3 Å². The van der Waals surface area contributed by atoms with Crippen molar-refractivity contribution in [3.63, 3.8) is 0 Å². The average molecular weight is 327 g/mol. The Bertz CT molecular complexity index is 731. The molecule has 0 aliphatic carbocycles. The number of rotatable bonds is 4. The molecule has 24 heavy (non-hydrogen) atoms. The summed E-state index contributed by atoms with van der Waals surface area (Å²) in [5.74, 6) is -0.109. The van der Waals surface area contributed by atoms with Crippen LogP contribution in [-0.2, 0) is 16.1 Å². The van der Waals surface area contributed by atoms with Crippen LogP contribution < -0.4 is 0 Å². The molecule has 0 unspecified atom stereocenters. The standard InChI is InChI=1S/C18H21N3O3/c22-17-7-8-20(12-15-5-3-9-24-15)18(23)21(17)11-14-10-13-4-1-2-6-16(13)19-14/h1-2,4,6,10,15,19H,3,5,7-9,11-12H2/t15-/m0/s1. The van der Waals surface area contributed by atoms with E-state index < -0.39 is 0 Å². The molecule has 6 nitrogen and oxygen atoms in total. The van der Waals surface area contributed by atoms with Gasteiger partial charge in [0, 0.05) is 37.3 Å². The number of nitrogens with zero attached hydrogens (tertiary/aromatic N) is 2. The van der Waals surface area contributed by atoms with E-state index in [1.165, 1.54) is 4.90 Å². The molecule has 0 radical (unpaired) electrons. The Kier molecular flexibility index (Phi) is 3.98. The summed E-state index contributed by atoms with van der Waals surface area (Å²) < 4.78 is 5.62. The van der Waals surface area contributed by atoms with Gasteiger partial charge in [0.15, 0.2) is 0 Å². The van der Waals surface area contributed by atoms with E-state index in [-0.39, 0.29) is 24.6 Å². The van der Waals surface area contributed by atoms with Crippen LogP contribution in [0, 0.1) is 0 Å². The first-order valence-electron chi connectivity index (χ1n) is 8.48. The molecule has 1 aromatic carbocycles. The van der Waals surface area contributed by atoms with Crippen LogP contribution in [0.1, 0.15) is 25.0 Å². The molecule has 2 aliphatic rings. The highest BCUT2D eigenvalue weighted by Crippen LogP contribution is 2.21. The Labute approximate surface area is 140 Å². The molecule has 2 saturated heterocycles. The maximum Gasteiger partial charge on any atom is 0.327 e. The van der Waals surface area contributed by atoms with Gasteiger partial charge in [-0.2, -0.15) is 0 Å². The van der Waals surface area contributed by atoms with E-state index in [2.05, 4.69) is 4.98 Å². The Morgan fingerprint density at radius 3 is 2.92 bits per heavy atom. The molecule has 4 rings (SSSR count). The van der Waals surface area contributed by atoms with Gasteiger partial charge in [-0.05, 0) is 30.4 Å². The fourth-order valence-corrected chi connectivity index (χ4v) is 3.49. The number of urea groups is 1. The van der Waals surface area contributed by atoms with Crippen LogP contribution in [0.5, 0.6) is 0 Å². The molecule has 2 aromatic rings. The lowest BCUT2D eigenvalue weighted by molar-refractivity contribution is -0.131. The fourth-order valence-electron chi connectivity index (χ4n) is 3.49. The second kappa shape index (κ2) is 6.28. The summed E-state index contributed by atoms with van der Waals surface area (Å²) in [6, 6.07) is 9.72. The van der Waals surface area contributed by atoms with Gasteiger partial charge >= 0.3 is 6.03 Å². The van der Waals surface area contributed by atoms with Crippen LogP contribution in [0.4, 0.5) is 4.79 Å². The number of carbonyl (C=O) groups excluding carboxylic acids is 2. The largest absolute Gasteiger partial charge is 0.376 e. The topological polar surface area (TPSA) is 65.6 Å². The SMILES string of the molecule is O=C1CCN(C[C@@H]2CCCO2)C(=O)N1Cc1cc2ccccc2[nH]1. The fraction of sp³-hybridized carbons (Fsp3) is 0.444. The Morgan fingerprint density at radius 1 is 1.25 bits per heavy atom. The number of ether oxygens (including phenoxy) is 1. The van der Waals surface area contributed by atoms with Gasteiger partial charge in [-0.15, -0.1) is 0 Å². The second-order valence-electron chi connectivity index (χ2n) is 6.48. The van der Waals surface area contributed by atoms with E-state index in [0.717, 1.165) is 36.0 Å². The summed E-state index contributed by atoms with van der Waals surface area (Å²) >= 11 is 0. The summed E-state index contributed by atoms with van der Waals surface area (Å²) in [6.45, 7) is 2.12. The average Bonchev–Trinajstić information content (AvgIpc) is 3.23. The van der Waals surface area contributed by atoms with Crippen molar-refractivity contribution in [1.82, 2.24) is 14.8 Å². The van der Waals surface area contributed by atoms with Crippen molar-refractivity contribution in [3.05, 3.63) is 36.0 Å². The molecule has 0 saturated carbocycles. The van der Waals surface area contributed by atoms with Crippen LogP contribution in [0.25, 0.3) is 10.9 Å². The number of H-pyrrole nitrogens is 1. The number of nitrogens with one attached hydrogen (secondary N) is 1. The highest BCUT2D eigenvalue weighted by Gasteiger charge is 2.34. The molecule has 1 atom stereocenters. The molecule has 126 valence electrons. The Morgan fingerprint density at radius 2 is 2.12 bits per heavy atom. The van der Waals surface area contributed by atoms with Crippen LogP contribution >= 0.6 is 0 Å². The lowest BCUT2D eigenvalue weighted by Gasteiger charge is -2.35. The molecule has 6 heteroatoms. The maximum absolute atomic E-state index is 12.7. The number of aromatic nitrogens is 1. The van der Waals surface area contributed by atoms with Crippen LogP contribution in [0.15, 0.2) is 30.3 Å². The van der Waals surface area contributed by atoms with E-state index in [9.17, 15) is 9.59 Å². The number of amides is 3. The smallest absolute Gasteiger partial charge is 0.327 e. The van der Waals surface area contributed by atoms with Crippen molar-refractivity contribution >= 4 is 22.8 Å². The summed E-state index contributed by atoms with van der Waals surface area (Å²) in [6.07, 6.45) is 2.51. The summed E-state index contributed by atoms with van der Waals surface area (Å²) in [5.41, 5.74) is 1.89. The number of aromatic amines is 1. The van der Waals surface area contributed by atoms with Crippen molar-refractivity contribution in [2.24, 2.45) is 0 Å². The highest BCUT2D eigenvalue weighted by atomic mass is 16.5. The van der Waals surface area contributed by atoms with Crippen molar-refractivity contribution in [2.75, 3.05) is 19.7 Å². The summed E-state index contributed by atoms with van der Waals surface area (Å²) in [4.78, 5) is 31.3. The number of para-hydroxylation sites is 1. The van der Waals surface area contributed by atoms with E-state index in [1.54, 1.807) is 4.90 Å². The second-order valence-corrected chi connectivity index (χ2v) is 6.48. The number of hydrogen-bond acceptors (Lipinski definition) is 3. The van der Waals surface area contributed by atoms with Gasteiger partial charge in [0.05, 0.1) is 12.6 Å². The van der Waals surface area contributed by atoms with Crippen LogP contribution in [0.3, 0.4) is 0 Å². The number of hydrogen-bond donors (Lipinski definition) is 1. The van der Waals surface area contributed by atoms with Crippen LogP contribution in [0.2, 0.25) is 0 Å². The molecule has 0 bridgehead atoms.